The van der Waals surface area contributed by atoms with Crippen LogP contribution in [-0.4, -0.2) is 104 Å². The number of carbonyl (C=O) groups excluding carboxylic acids is 3. The first-order valence-electron chi connectivity index (χ1n) is 27.0. The molecule has 16 heteroatoms. The van der Waals surface area contributed by atoms with E-state index in [4.69, 9.17) is 38.3 Å². The monoisotopic (exact) mass is 1080 g/mol. The Morgan fingerprint density at radius 1 is 0.610 bits per heavy atom. The lowest BCUT2D eigenvalue weighted by Crippen LogP contribution is -2.46. The molecule has 3 aliphatic rings. The molecule has 2 atom stereocenters. The van der Waals surface area contributed by atoms with Crippen LogP contribution in [0.4, 0.5) is 16.2 Å². The first-order chi connectivity index (χ1) is 36.4. The number of nitrogens with two attached hydrogens (primary N) is 1. The van der Waals surface area contributed by atoms with Gasteiger partial charge in [0, 0.05) is 49.1 Å². The fourth-order valence-electron chi connectivity index (χ4n) is 9.85. The van der Waals surface area contributed by atoms with Gasteiger partial charge in [-0.3, -0.25) is 14.5 Å². The van der Waals surface area contributed by atoms with Gasteiger partial charge in [-0.15, -0.1) is 0 Å². The van der Waals surface area contributed by atoms with E-state index in [2.05, 4.69) is 67.7 Å². The van der Waals surface area contributed by atoms with Crippen LogP contribution in [0.25, 0.3) is 11.1 Å². The largest absolute Gasteiger partial charge is 0.493 e. The summed E-state index contributed by atoms with van der Waals surface area (Å²) in [6.07, 6.45) is 2.12. The van der Waals surface area contributed by atoms with Crippen LogP contribution in [-0.2, 0) is 26.8 Å². The normalized spacial score (nSPS) is 16.7. The molecule has 77 heavy (non-hydrogen) atoms. The van der Waals surface area contributed by atoms with Crippen LogP contribution in [0.2, 0.25) is 36.3 Å². The molecule has 0 aromatic heterocycles. The molecule has 2 heterocycles. The van der Waals surface area contributed by atoms with E-state index in [1.807, 2.05) is 82.6 Å². The topological polar surface area (TPSA) is 152 Å². The molecule has 0 radical (unpaired) electrons. The maximum absolute atomic E-state index is 15.0. The Morgan fingerprint density at radius 3 is 1.55 bits per heavy atom. The van der Waals surface area contributed by atoms with Crippen molar-refractivity contribution in [1.82, 2.24) is 9.80 Å². The maximum atomic E-state index is 15.0. The molecule has 3 amide bonds. The number of nitrogens with zero attached hydrogens (tertiary/aromatic N) is 3. The van der Waals surface area contributed by atoms with E-state index < -0.39 is 28.8 Å². The van der Waals surface area contributed by atoms with Gasteiger partial charge >= 0.3 is 6.09 Å². The number of anilines is 2. The lowest BCUT2D eigenvalue weighted by Gasteiger charge is -2.38. The van der Waals surface area contributed by atoms with Crippen LogP contribution < -0.4 is 29.6 Å². The number of ether oxygens (including phenoxy) is 5. The summed E-state index contributed by atoms with van der Waals surface area (Å²) >= 11 is 0. The van der Waals surface area contributed by atoms with Crippen LogP contribution in [0.5, 0.6) is 23.0 Å². The minimum Gasteiger partial charge on any atom is -0.493 e. The first kappa shape index (κ1) is 56.9. The van der Waals surface area contributed by atoms with Gasteiger partial charge in [0.2, 0.25) is 0 Å². The van der Waals surface area contributed by atoms with E-state index in [-0.39, 0.29) is 52.8 Å². The number of benzene rings is 5. The molecule has 8 rings (SSSR count). The van der Waals surface area contributed by atoms with Crippen molar-refractivity contribution >= 4 is 45.9 Å². The standard InChI is InChI=1S/C61H80N4O10Si2/c1-60(2,3)76(10,11)73-38-42-23-19-29-64(42)57(66)48-32-52(69-8)54(34-50(48)62)71-36-40-21-18-22-41(31-40)37-72-55-35-51(63(7)59(68)75-56-46-27-16-14-25-44(46)45-26-15-17-28-47(45)56)49(33-53(55)70-9)58(67)65-30-20-24-43(65)39-74-77(12,13)61(4,5)6/h14-18,21-22,25-28,31-35,42-43,56H,19-20,23-24,29-30,36-39,62H2,1-13H3/t42-,43-/m0/s1. The van der Waals surface area contributed by atoms with Gasteiger partial charge in [0.25, 0.3) is 11.8 Å². The number of fused-ring (bicyclic) bond motifs is 3. The molecule has 2 saturated heterocycles. The smallest absolute Gasteiger partial charge is 0.414 e. The van der Waals surface area contributed by atoms with Gasteiger partial charge in [-0.1, -0.05) is 108 Å². The number of nitrogen functional groups attached to an aromatic ring is 1. The predicted molar refractivity (Wildman–Crippen MR) is 309 cm³/mol. The molecule has 1 aliphatic carbocycles. The van der Waals surface area contributed by atoms with Crippen LogP contribution in [0.3, 0.4) is 0 Å². The quantitative estimate of drug-likeness (QED) is 0.0659. The molecular formula is C61H80N4O10Si2. The SMILES string of the molecule is COc1cc(C(=O)N2CCC[C@H]2CO[Si](C)(C)C(C)(C)C)c(N)cc1OCc1cccc(COc2cc(N(C)C(=O)OC3c4ccccc4-c4ccccc43)c(C(=O)N3CCC[C@H]3CO[Si](C)(C)C(C)(C)C)cc2OC)c1. The fourth-order valence-corrected chi connectivity index (χ4v) is 11.9. The van der Waals surface area contributed by atoms with Crippen LogP contribution >= 0.6 is 0 Å². The van der Waals surface area contributed by atoms with Crippen LogP contribution in [0, 0.1) is 0 Å². The summed E-state index contributed by atoms with van der Waals surface area (Å²) in [4.78, 5) is 48.7. The zero-order chi connectivity index (χ0) is 55.6. The summed E-state index contributed by atoms with van der Waals surface area (Å²) in [6, 6.07) is 30.1. The van der Waals surface area contributed by atoms with Gasteiger partial charge in [0.1, 0.15) is 13.2 Å². The lowest BCUT2D eigenvalue weighted by atomic mass is 10.1. The number of methoxy groups -OCH3 is 2. The molecule has 0 unspecified atom stereocenters. The lowest BCUT2D eigenvalue weighted by molar-refractivity contribution is 0.0678. The molecule has 0 spiro atoms. The zero-order valence-electron chi connectivity index (χ0n) is 47.5. The maximum Gasteiger partial charge on any atom is 0.414 e. The molecule has 2 aliphatic heterocycles. The minimum absolute atomic E-state index is 0.00874. The highest BCUT2D eigenvalue weighted by Gasteiger charge is 2.42. The Hall–Kier alpha value is -6.34. The average Bonchev–Trinajstić information content (AvgIpc) is 4.18. The Morgan fingerprint density at radius 2 is 1.06 bits per heavy atom. The summed E-state index contributed by atoms with van der Waals surface area (Å²) in [5.74, 6) is 1.07. The second-order valence-corrected chi connectivity index (χ2v) is 33.4. The molecule has 2 fully saturated rings. The Bertz CT molecular complexity index is 2920. The van der Waals surface area contributed by atoms with Crippen molar-refractivity contribution < 1.29 is 46.9 Å². The third kappa shape index (κ3) is 12.2. The summed E-state index contributed by atoms with van der Waals surface area (Å²) in [5, 5.41) is 0.0726. The van der Waals surface area contributed by atoms with E-state index in [1.54, 1.807) is 38.4 Å². The van der Waals surface area contributed by atoms with Gasteiger partial charge in [-0.2, -0.15) is 0 Å². The van der Waals surface area contributed by atoms with Crippen LogP contribution in [0.1, 0.15) is 116 Å². The van der Waals surface area contributed by atoms with Gasteiger partial charge < -0.3 is 48.1 Å². The molecule has 5 aromatic carbocycles. The third-order valence-corrected chi connectivity index (χ3v) is 25.7. The van der Waals surface area contributed by atoms with E-state index in [0.717, 1.165) is 59.1 Å². The van der Waals surface area contributed by atoms with Crippen molar-refractivity contribution in [2.45, 2.75) is 135 Å². The number of likely N-dealkylation sites (tertiary alicyclic amines) is 2. The molecule has 412 valence electrons. The number of carbonyl (C=O) groups is 3. The fraction of sp³-hybridized carbons (Fsp3) is 0.459. The third-order valence-electron chi connectivity index (χ3n) is 16.7. The molecule has 14 nitrogen and oxygen atoms in total. The highest BCUT2D eigenvalue weighted by molar-refractivity contribution is 6.74. The zero-order valence-corrected chi connectivity index (χ0v) is 49.5. The second-order valence-electron chi connectivity index (χ2n) is 23.7. The number of rotatable bonds is 18. The van der Waals surface area contributed by atoms with Crippen LogP contribution in [0.15, 0.2) is 97.1 Å². The van der Waals surface area contributed by atoms with E-state index >= 15 is 0 Å². The summed E-state index contributed by atoms with van der Waals surface area (Å²) in [5.41, 5.74) is 13.3. The molecule has 5 aromatic rings. The number of amides is 3. The molecule has 2 N–H and O–H groups in total. The van der Waals surface area contributed by atoms with Gasteiger partial charge in [-0.25, -0.2) is 4.79 Å². The van der Waals surface area contributed by atoms with Crippen molar-refractivity contribution in [3.8, 4) is 34.1 Å². The Kier molecular flexibility index (Phi) is 16.9. The van der Waals surface area contributed by atoms with E-state index in [1.165, 1.54) is 12.0 Å². The first-order valence-corrected chi connectivity index (χ1v) is 32.8. The van der Waals surface area contributed by atoms with Crippen molar-refractivity contribution in [1.29, 1.82) is 0 Å². The van der Waals surface area contributed by atoms with Crippen molar-refractivity contribution in [2.24, 2.45) is 0 Å². The van der Waals surface area contributed by atoms with Gasteiger partial charge in [0.05, 0.1) is 56.3 Å². The Labute approximate surface area is 458 Å². The highest BCUT2D eigenvalue weighted by Crippen LogP contribution is 2.47. The summed E-state index contributed by atoms with van der Waals surface area (Å²) < 4.78 is 44.2. The predicted octanol–water partition coefficient (Wildman–Crippen LogP) is 13.0. The van der Waals surface area contributed by atoms with Crippen molar-refractivity contribution in [3.05, 3.63) is 130 Å². The summed E-state index contributed by atoms with van der Waals surface area (Å²) in [6.45, 7) is 24.6. The second kappa shape index (κ2) is 22.9. The average molecular weight is 1090 g/mol. The van der Waals surface area contributed by atoms with Gasteiger partial charge in [0.15, 0.2) is 45.7 Å². The van der Waals surface area contributed by atoms with Crippen molar-refractivity contribution in [3.63, 3.8) is 0 Å². The minimum atomic E-state index is -2.11. The summed E-state index contributed by atoms with van der Waals surface area (Å²) in [7, 11) is 0.575. The Balaban J connectivity index is 1.01. The van der Waals surface area contributed by atoms with Gasteiger partial charge in [-0.05, 0) is 102 Å². The molecule has 0 saturated carbocycles. The number of hydrogen-bond donors (Lipinski definition) is 1. The molecule has 0 bridgehead atoms. The molecular weight excluding hydrogens is 1000 g/mol. The van der Waals surface area contributed by atoms with E-state index in [0.29, 0.717) is 66.2 Å². The van der Waals surface area contributed by atoms with Crippen molar-refractivity contribution in [2.75, 3.05) is 58.2 Å². The number of hydrogen-bond acceptors (Lipinski definition) is 11. The highest BCUT2D eigenvalue weighted by atomic mass is 28.4. The van der Waals surface area contributed by atoms with E-state index in [9.17, 15) is 14.4 Å².